The van der Waals surface area contributed by atoms with Crippen molar-refractivity contribution < 1.29 is 4.79 Å². The Hall–Kier alpha value is -2.33. The van der Waals surface area contributed by atoms with Gasteiger partial charge in [0.15, 0.2) is 0 Å². The van der Waals surface area contributed by atoms with Crippen molar-refractivity contribution in [1.29, 1.82) is 0 Å². The maximum absolute atomic E-state index is 12.4. The number of nitrogens with one attached hydrogen (secondary N) is 2. The highest BCUT2D eigenvalue weighted by Crippen LogP contribution is 2.20. The van der Waals surface area contributed by atoms with Gasteiger partial charge in [-0.15, -0.1) is 0 Å². The standard InChI is InChI=1S/C20H25N3O/c1-15-6-3-4-9-19(15)20(24)22-18-8-5-7-17(14-18)21-16-10-12-23(2)13-11-16/h3-9,14,16,21H,10-13H2,1-2H3,(H,22,24). The Morgan fingerprint density at radius 1 is 1.04 bits per heavy atom. The van der Waals surface area contributed by atoms with Crippen LogP contribution < -0.4 is 10.6 Å². The first-order chi connectivity index (χ1) is 11.6. The van der Waals surface area contributed by atoms with Gasteiger partial charge >= 0.3 is 0 Å². The normalized spacial score (nSPS) is 15.9. The van der Waals surface area contributed by atoms with Crippen LogP contribution in [0.15, 0.2) is 48.5 Å². The molecule has 0 aromatic heterocycles. The summed E-state index contributed by atoms with van der Waals surface area (Å²) < 4.78 is 0. The molecule has 1 amide bonds. The van der Waals surface area contributed by atoms with Crippen LogP contribution in [0.2, 0.25) is 0 Å². The van der Waals surface area contributed by atoms with Crippen LogP contribution in [-0.4, -0.2) is 37.0 Å². The van der Waals surface area contributed by atoms with Crippen molar-refractivity contribution in [3.63, 3.8) is 0 Å². The number of amides is 1. The fraction of sp³-hybridized carbons (Fsp3) is 0.350. The minimum Gasteiger partial charge on any atom is -0.382 e. The molecule has 0 saturated carbocycles. The van der Waals surface area contributed by atoms with Gasteiger partial charge in [0, 0.05) is 23.0 Å². The van der Waals surface area contributed by atoms with E-state index in [1.54, 1.807) is 0 Å². The fourth-order valence-electron chi connectivity index (χ4n) is 3.10. The average Bonchev–Trinajstić information content (AvgIpc) is 2.58. The molecule has 1 fully saturated rings. The summed E-state index contributed by atoms with van der Waals surface area (Å²) in [4.78, 5) is 14.8. The molecule has 0 radical (unpaired) electrons. The van der Waals surface area contributed by atoms with Gasteiger partial charge < -0.3 is 15.5 Å². The van der Waals surface area contributed by atoms with Crippen LogP contribution >= 0.6 is 0 Å². The third kappa shape index (κ3) is 4.15. The lowest BCUT2D eigenvalue weighted by Crippen LogP contribution is -2.36. The van der Waals surface area contributed by atoms with Gasteiger partial charge in [0.2, 0.25) is 0 Å². The number of hydrogen-bond acceptors (Lipinski definition) is 3. The van der Waals surface area contributed by atoms with Crippen LogP contribution in [0, 0.1) is 6.92 Å². The minimum absolute atomic E-state index is 0.0652. The summed E-state index contributed by atoms with van der Waals surface area (Å²) in [6, 6.07) is 16.1. The number of carbonyl (C=O) groups is 1. The number of nitrogens with zero attached hydrogens (tertiary/aromatic N) is 1. The maximum Gasteiger partial charge on any atom is 0.255 e. The van der Waals surface area contributed by atoms with E-state index in [0.717, 1.165) is 42.9 Å². The summed E-state index contributed by atoms with van der Waals surface area (Å²) in [7, 11) is 2.16. The first-order valence-electron chi connectivity index (χ1n) is 8.54. The van der Waals surface area contributed by atoms with Crippen molar-refractivity contribution in [2.45, 2.75) is 25.8 Å². The van der Waals surface area contributed by atoms with Gasteiger partial charge in [0.25, 0.3) is 5.91 Å². The van der Waals surface area contributed by atoms with E-state index in [1.165, 1.54) is 0 Å². The number of hydrogen-bond donors (Lipinski definition) is 2. The third-order valence-electron chi connectivity index (χ3n) is 4.60. The highest BCUT2D eigenvalue weighted by Gasteiger charge is 2.16. The lowest BCUT2D eigenvalue weighted by molar-refractivity contribution is 0.102. The fourth-order valence-corrected chi connectivity index (χ4v) is 3.10. The van der Waals surface area contributed by atoms with Gasteiger partial charge in [-0.05, 0) is 69.7 Å². The van der Waals surface area contributed by atoms with Crippen molar-refractivity contribution in [3.05, 3.63) is 59.7 Å². The highest BCUT2D eigenvalue weighted by molar-refractivity contribution is 6.05. The second kappa shape index (κ2) is 7.49. The molecule has 2 aromatic carbocycles. The van der Waals surface area contributed by atoms with Crippen molar-refractivity contribution in [2.24, 2.45) is 0 Å². The quantitative estimate of drug-likeness (QED) is 0.900. The molecule has 2 aromatic rings. The summed E-state index contributed by atoms with van der Waals surface area (Å²) in [5.74, 6) is -0.0652. The van der Waals surface area contributed by atoms with Crippen LogP contribution in [0.4, 0.5) is 11.4 Å². The first-order valence-corrected chi connectivity index (χ1v) is 8.54. The van der Waals surface area contributed by atoms with E-state index in [9.17, 15) is 4.79 Å². The monoisotopic (exact) mass is 323 g/mol. The van der Waals surface area contributed by atoms with Gasteiger partial charge in [0.05, 0.1) is 0 Å². The largest absolute Gasteiger partial charge is 0.382 e. The lowest BCUT2D eigenvalue weighted by atomic mass is 10.1. The molecule has 1 aliphatic heterocycles. The zero-order valence-electron chi connectivity index (χ0n) is 14.4. The molecule has 4 nitrogen and oxygen atoms in total. The summed E-state index contributed by atoms with van der Waals surface area (Å²) in [6.45, 7) is 4.20. The molecule has 2 N–H and O–H groups in total. The predicted octanol–water partition coefficient (Wildman–Crippen LogP) is 3.75. The van der Waals surface area contributed by atoms with E-state index in [4.69, 9.17) is 0 Å². The summed E-state index contributed by atoms with van der Waals surface area (Å²) in [5, 5.41) is 6.58. The molecule has 1 aliphatic rings. The molecule has 126 valence electrons. The summed E-state index contributed by atoms with van der Waals surface area (Å²) in [5.41, 5.74) is 3.58. The van der Waals surface area contributed by atoms with Crippen LogP contribution in [-0.2, 0) is 0 Å². The van der Waals surface area contributed by atoms with E-state index in [2.05, 4.69) is 28.6 Å². The molecular weight excluding hydrogens is 298 g/mol. The van der Waals surface area contributed by atoms with Crippen LogP contribution in [0.5, 0.6) is 0 Å². The summed E-state index contributed by atoms with van der Waals surface area (Å²) >= 11 is 0. The Labute approximate surface area is 143 Å². The lowest BCUT2D eigenvalue weighted by Gasteiger charge is -2.30. The van der Waals surface area contributed by atoms with Gasteiger partial charge in [-0.2, -0.15) is 0 Å². The average molecular weight is 323 g/mol. The van der Waals surface area contributed by atoms with Gasteiger partial charge in [-0.25, -0.2) is 0 Å². The Kier molecular flexibility index (Phi) is 5.16. The topological polar surface area (TPSA) is 44.4 Å². The summed E-state index contributed by atoms with van der Waals surface area (Å²) in [6.07, 6.45) is 2.30. The van der Waals surface area contributed by atoms with Crippen LogP contribution in [0.1, 0.15) is 28.8 Å². The van der Waals surface area contributed by atoms with Crippen LogP contribution in [0.25, 0.3) is 0 Å². The van der Waals surface area contributed by atoms with Crippen molar-refractivity contribution >= 4 is 17.3 Å². The predicted molar refractivity (Wildman–Crippen MR) is 99.7 cm³/mol. The Balaban J connectivity index is 1.65. The van der Waals surface area contributed by atoms with Gasteiger partial charge in [-0.1, -0.05) is 24.3 Å². The smallest absolute Gasteiger partial charge is 0.255 e. The molecule has 0 unspecified atom stereocenters. The molecular formula is C20H25N3O. The molecule has 0 spiro atoms. The molecule has 1 heterocycles. The first kappa shape index (κ1) is 16.5. The molecule has 0 bridgehead atoms. The Morgan fingerprint density at radius 3 is 2.50 bits per heavy atom. The van der Waals surface area contributed by atoms with Crippen molar-refractivity contribution in [2.75, 3.05) is 30.8 Å². The second-order valence-corrected chi connectivity index (χ2v) is 6.57. The molecule has 4 heteroatoms. The molecule has 3 rings (SSSR count). The van der Waals surface area contributed by atoms with E-state index in [1.807, 2.05) is 49.4 Å². The molecule has 24 heavy (non-hydrogen) atoms. The van der Waals surface area contributed by atoms with Crippen molar-refractivity contribution in [1.82, 2.24) is 4.90 Å². The van der Waals surface area contributed by atoms with E-state index >= 15 is 0 Å². The van der Waals surface area contributed by atoms with Gasteiger partial charge in [0.1, 0.15) is 0 Å². The SMILES string of the molecule is Cc1ccccc1C(=O)Nc1cccc(NC2CCN(C)CC2)c1. The number of likely N-dealkylation sites (tertiary alicyclic amines) is 1. The number of benzene rings is 2. The van der Waals surface area contributed by atoms with E-state index in [-0.39, 0.29) is 5.91 Å². The number of rotatable bonds is 4. The zero-order valence-corrected chi connectivity index (χ0v) is 14.4. The Bertz CT molecular complexity index is 706. The van der Waals surface area contributed by atoms with Crippen molar-refractivity contribution in [3.8, 4) is 0 Å². The van der Waals surface area contributed by atoms with Crippen LogP contribution in [0.3, 0.4) is 0 Å². The number of anilines is 2. The zero-order chi connectivity index (χ0) is 16.9. The second-order valence-electron chi connectivity index (χ2n) is 6.57. The third-order valence-corrected chi connectivity index (χ3v) is 4.60. The number of piperidine rings is 1. The highest BCUT2D eigenvalue weighted by atomic mass is 16.1. The molecule has 0 aliphatic carbocycles. The molecule has 0 atom stereocenters. The number of aryl methyl sites for hydroxylation is 1. The van der Waals surface area contributed by atoms with E-state index in [0.29, 0.717) is 11.6 Å². The van der Waals surface area contributed by atoms with E-state index < -0.39 is 0 Å². The van der Waals surface area contributed by atoms with Gasteiger partial charge in [-0.3, -0.25) is 4.79 Å². The Morgan fingerprint density at radius 2 is 1.75 bits per heavy atom. The minimum atomic E-state index is -0.0652. The maximum atomic E-state index is 12.4. The molecule has 1 saturated heterocycles. The number of carbonyl (C=O) groups excluding carboxylic acids is 1.